The Hall–Kier alpha value is -3.18. The summed E-state index contributed by atoms with van der Waals surface area (Å²) >= 11 is 0. The van der Waals surface area contributed by atoms with Gasteiger partial charge in [-0.05, 0) is 70.0 Å². The number of hydrogen-bond acceptors (Lipinski definition) is 2. The highest BCUT2D eigenvalue weighted by atomic mass is 14.8. The minimum absolute atomic E-state index is 0.138. The Bertz CT molecular complexity index is 1220. The lowest BCUT2D eigenvalue weighted by molar-refractivity contribution is 0.401. The summed E-state index contributed by atoms with van der Waals surface area (Å²) in [6.07, 6.45) is 6.60. The molecule has 2 nitrogen and oxygen atoms in total. The molecular formula is C29H30N2. The quantitative estimate of drug-likeness (QED) is 0.407. The van der Waals surface area contributed by atoms with Crippen molar-refractivity contribution < 1.29 is 0 Å². The van der Waals surface area contributed by atoms with Gasteiger partial charge < -0.3 is 0 Å². The molecule has 0 radical (unpaired) electrons. The fourth-order valence-corrected chi connectivity index (χ4v) is 4.71. The van der Waals surface area contributed by atoms with Crippen LogP contribution in [-0.4, -0.2) is 12.3 Å². The molecule has 0 atom stereocenters. The maximum absolute atomic E-state index is 9.10. The van der Waals surface area contributed by atoms with Gasteiger partial charge in [-0.2, -0.15) is 5.26 Å². The van der Waals surface area contributed by atoms with Gasteiger partial charge in [0.2, 0.25) is 0 Å². The average molecular weight is 407 g/mol. The summed E-state index contributed by atoms with van der Waals surface area (Å²) in [6, 6.07) is 21.3. The number of hydrogen-bond donors (Lipinski definition) is 0. The third kappa shape index (κ3) is 3.93. The maximum atomic E-state index is 9.10. The van der Waals surface area contributed by atoms with E-state index in [1.165, 1.54) is 22.4 Å². The molecule has 0 saturated heterocycles. The third-order valence-corrected chi connectivity index (χ3v) is 6.81. The molecule has 0 fully saturated rings. The lowest BCUT2D eigenvalue weighted by Gasteiger charge is -2.37. The van der Waals surface area contributed by atoms with E-state index in [9.17, 15) is 0 Å². The molecule has 1 aliphatic rings. The molecule has 31 heavy (non-hydrogen) atoms. The summed E-state index contributed by atoms with van der Waals surface area (Å²) < 4.78 is 0. The zero-order valence-electron chi connectivity index (χ0n) is 18.9. The van der Waals surface area contributed by atoms with Crippen LogP contribution in [-0.2, 0) is 5.41 Å². The van der Waals surface area contributed by atoms with Crippen LogP contribution in [0.5, 0.6) is 0 Å². The molecule has 3 aromatic carbocycles. The molecule has 0 unspecified atom stereocenters. The fraction of sp³-hybridized carbons (Fsp3) is 0.310. The first-order valence-electron chi connectivity index (χ1n) is 11.3. The number of benzene rings is 3. The summed E-state index contributed by atoms with van der Waals surface area (Å²) in [4.78, 5) is 5.01. The highest BCUT2D eigenvalue weighted by molar-refractivity contribution is 6.04. The number of fused-ring (bicyclic) bond motifs is 2. The molecule has 4 rings (SSSR count). The first-order chi connectivity index (χ1) is 15.0. The Labute approximate surface area is 186 Å². The highest BCUT2D eigenvalue weighted by Crippen LogP contribution is 2.39. The van der Waals surface area contributed by atoms with Crippen molar-refractivity contribution in [3.8, 4) is 6.07 Å². The van der Waals surface area contributed by atoms with E-state index in [2.05, 4.69) is 82.3 Å². The summed E-state index contributed by atoms with van der Waals surface area (Å²) in [7, 11) is 0. The van der Waals surface area contributed by atoms with Gasteiger partial charge in [0.25, 0.3) is 0 Å². The van der Waals surface area contributed by atoms with Crippen molar-refractivity contribution in [1.82, 2.24) is 0 Å². The van der Waals surface area contributed by atoms with E-state index in [4.69, 9.17) is 10.3 Å². The Morgan fingerprint density at radius 2 is 1.58 bits per heavy atom. The van der Waals surface area contributed by atoms with Crippen LogP contribution >= 0.6 is 0 Å². The van der Waals surface area contributed by atoms with E-state index in [0.717, 1.165) is 35.7 Å². The van der Waals surface area contributed by atoms with E-state index in [-0.39, 0.29) is 5.41 Å². The molecule has 156 valence electrons. The number of nitriles is 1. The van der Waals surface area contributed by atoms with E-state index in [1.807, 2.05) is 18.2 Å². The van der Waals surface area contributed by atoms with Crippen molar-refractivity contribution in [1.29, 1.82) is 5.26 Å². The highest BCUT2D eigenvalue weighted by Gasteiger charge is 2.35. The largest absolute Gasteiger partial charge is 0.288 e. The van der Waals surface area contributed by atoms with Crippen molar-refractivity contribution in [2.24, 2.45) is 10.9 Å². The standard InChI is InChI=1S/C29H30N2/c1-5-29(6-2)19-31-28(20(3)4)26-14-11-22(17-27(26)29)8-7-21-9-12-25-16-23(18-30)10-13-24(25)15-21/h7-17,20H,5-6,19H2,1-4H3. The lowest BCUT2D eigenvalue weighted by atomic mass is 9.70. The SMILES string of the molecule is CCC1(CC)CN=C(C(C)C)c2ccc(C=Cc3ccc4cc(C#N)ccc4c3)cc21. The Morgan fingerprint density at radius 1 is 0.935 bits per heavy atom. The Kier molecular flexibility index (Phi) is 5.79. The predicted molar refractivity (Wildman–Crippen MR) is 133 cm³/mol. The molecular weight excluding hydrogens is 376 g/mol. The molecule has 1 aliphatic heterocycles. The van der Waals surface area contributed by atoms with Crippen LogP contribution in [0.1, 0.15) is 68.4 Å². The third-order valence-electron chi connectivity index (χ3n) is 6.81. The van der Waals surface area contributed by atoms with Crippen LogP contribution in [0.2, 0.25) is 0 Å². The molecule has 1 heterocycles. The molecule has 2 heteroatoms. The van der Waals surface area contributed by atoms with Gasteiger partial charge in [0.1, 0.15) is 0 Å². The van der Waals surface area contributed by atoms with E-state index < -0.39 is 0 Å². The van der Waals surface area contributed by atoms with Crippen LogP contribution in [0.25, 0.3) is 22.9 Å². The molecule has 0 N–H and O–H groups in total. The lowest BCUT2D eigenvalue weighted by Crippen LogP contribution is -2.35. The van der Waals surface area contributed by atoms with Gasteiger partial charge >= 0.3 is 0 Å². The maximum Gasteiger partial charge on any atom is 0.0991 e. The van der Waals surface area contributed by atoms with Gasteiger partial charge in [-0.15, -0.1) is 0 Å². The summed E-state index contributed by atoms with van der Waals surface area (Å²) in [5.41, 5.74) is 7.27. The Morgan fingerprint density at radius 3 is 2.26 bits per heavy atom. The van der Waals surface area contributed by atoms with Crippen molar-refractivity contribution in [2.75, 3.05) is 6.54 Å². The second-order valence-electron chi connectivity index (χ2n) is 8.92. The van der Waals surface area contributed by atoms with Gasteiger partial charge in [-0.25, -0.2) is 0 Å². The Balaban J connectivity index is 1.70. The molecule has 0 saturated carbocycles. The van der Waals surface area contributed by atoms with E-state index in [0.29, 0.717) is 11.5 Å². The number of rotatable bonds is 5. The van der Waals surface area contributed by atoms with Crippen LogP contribution in [0, 0.1) is 17.2 Å². The average Bonchev–Trinajstić information content (AvgIpc) is 2.81. The second kappa shape index (κ2) is 8.52. The topological polar surface area (TPSA) is 36.1 Å². The van der Waals surface area contributed by atoms with Crippen LogP contribution in [0.3, 0.4) is 0 Å². The molecule has 0 amide bonds. The van der Waals surface area contributed by atoms with Gasteiger partial charge in [0, 0.05) is 17.7 Å². The van der Waals surface area contributed by atoms with Crippen molar-refractivity contribution in [2.45, 2.75) is 46.0 Å². The van der Waals surface area contributed by atoms with Gasteiger partial charge in [-0.3, -0.25) is 4.99 Å². The van der Waals surface area contributed by atoms with Gasteiger partial charge in [-0.1, -0.05) is 76.2 Å². The number of aliphatic imine (C=N–C) groups is 1. The second-order valence-corrected chi connectivity index (χ2v) is 8.92. The first kappa shape index (κ1) is 21.1. The van der Waals surface area contributed by atoms with Crippen molar-refractivity contribution in [3.63, 3.8) is 0 Å². The van der Waals surface area contributed by atoms with Crippen molar-refractivity contribution >= 4 is 28.6 Å². The van der Waals surface area contributed by atoms with Crippen LogP contribution in [0.15, 0.2) is 59.6 Å². The molecule has 0 spiro atoms. The predicted octanol–water partition coefficient (Wildman–Crippen LogP) is 7.40. The van der Waals surface area contributed by atoms with Crippen LogP contribution < -0.4 is 0 Å². The minimum Gasteiger partial charge on any atom is -0.288 e. The molecule has 0 bridgehead atoms. The first-order valence-corrected chi connectivity index (χ1v) is 11.3. The molecule has 0 aromatic heterocycles. The zero-order valence-corrected chi connectivity index (χ0v) is 18.9. The van der Waals surface area contributed by atoms with Gasteiger partial charge in [0.15, 0.2) is 0 Å². The van der Waals surface area contributed by atoms with Crippen LogP contribution in [0.4, 0.5) is 0 Å². The smallest absolute Gasteiger partial charge is 0.0991 e. The summed E-state index contributed by atoms with van der Waals surface area (Å²) in [5, 5.41) is 11.3. The fourth-order valence-electron chi connectivity index (χ4n) is 4.71. The monoisotopic (exact) mass is 406 g/mol. The van der Waals surface area contributed by atoms with Crippen molar-refractivity contribution in [3.05, 3.63) is 82.4 Å². The number of nitrogens with zero attached hydrogens (tertiary/aromatic N) is 2. The molecule has 3 aromatic rings. The summed E-state index contributed by atoms with van der Waals surface area (Å²) in [5.74, 6) is 0.436. The minimum atomic E-state index is 0.138. The van der Waals surface area contributed by atoms with E-state index in [1.54, 1.807) is 0 Å². The summed E-state index contributed by atoms with van der Waals surface area (Å²) in [6.45, 7) is 9.95. The van der Waals surface area contributed by atoms with E-state index >= 15 is 0 Å². The molecule has 0 aliphatic carbocycles. The normalized spacial score (nSPS) is 15.2. The van der Waals surface area contributed by atoms with Gasteiger partial charge in [0.05, 0.1) is 11.6 Å². The zero-order chi connectivity index (χ0) is 22.0.